The lowest BCUT2D eigenvalue weighted by atomic mass is 10.2. The minimum atomic E-state index is -0.0743. The molecule has 0 aliphatic carbocycles. The Bertz CT molecular complexity index is 1210. The van der Waals surface area contributed by atoms with E-state index in [-0.39, 0.29) is 18.6 Å². The fourth-order valence-corrected chi connectivity index (χ4v) is 5.13. The fourth-order valence-electron chi connectivity index (χ4n) is 4.09. The number of nitrogens with zero attached hydrogens (tertiary/aromatic N) is 2. The maximum atomic E-state index is 13.0. The number of aromatic amines is 1. The number of anilines is 2. The third-order valence-corrected chi connectivity index (χ3v) is 6.65. The van der Waals surface area contributed by atoms with Gasteiger partial charge in [-0.15, -0.1) is 11.3 Å². The van der Waals surface area contributed by atoms with Crippen LogP contribution >= 0.6 is 11.3 Å². The van der Waals surface area contributed by atoms with E-state index in [1.165, 1.54) is 11.3 Å². The Morgan fingerprint density at radius 1 is 1.34 bits per heavy atom. The first-order valence-electron chi connectivity index (χ1n) is 9.79. The first kappa shape index (κ1) is 18.1. The number of aliphatic hydroxyl groups is 1. The molecule has 0 unspecified atom stereocenters. The number of H-pyrrole nitrogens is 1. The van der Waals surface area contributed by atoms with E-state index in [1.54, 1.807) is 11.1 Å². The van der Waals surface area contributed by atoms with Crippen LogP contribution in [0.15, 0.2) is 42.6 Å². The topological polar surface area (TPSA) is 81.2 Å². The maximum absolute atomic E-state index is 13.0. The zero-order chi connectivity index (χ0) is 20.0. The van der Waals surface area contributed by atoms with Crippen molar-refractivity contribution in [1.29, 1.82) is 0 Å². The summed E-state index contributed by atoms with van der Waals surface area (Å²) in [7, 11) is 0. The van der Waals surface area contributed by atoms with Crippen molar-refractivity contribution >= 4 is 49.7 Å². The van der Waals surface area contributed by atoms with Crippen molar-refractivity contribution in [2.45, 2.75) is 25.8 Å². The van der Waals surface area contributed by atoms with Crippen molar-refractivity contribution in [1.82, 2.24) is 14.9 Å². The summed E-state index contributed by atoms with van der Waals surface area (Å²) in [5, 5.41) is 14.2. The van der Waals surface area contributed by atoms with Gasteiger partial charge in [0.15, 0.2) is 0 Å². The Kier molecular flexibility index (Phi) is 4.49. The summed E-state index contributed by atoms with van der Waals surface area (Å²) in [6.07, 6.45) is 3.56. The second kappa shape index (κ2) is 7.17. The molecule has 0 radical (unpaired) electrons. The number of aryl methyl sites for hydroxylation is 1. The summed E-state index contributed by atoms with van der Waals surface area (Å²) >= 11 is 1.45. The highest BCUT2D eigenvalue weighted by molar-refractivity contribution is 7.21. The van der Waals surface area contributed by atoms with Crippen LogP contribution in [-0.4, -0.2) is 45.1 Å². The third kappa shape index (κ3) is 3.26. The SMILES string of the molecule is Cc1cc2cc(Nc3ccnc4cc(C(=O)N5CCC[C@@H]5CO)sc34)ccc2[nH]1. The summed E-state index contributed by atoms with van der Waals surface area (Å²) in [5.41, 5.74) is 4.98. The van der Waals surface area contributed by atoms with Crippen LogP contribution in [0.2, 0.25) is 0 Å². The minimum absolute atomic E-state index is 0.0142. The molecule has 0 spiro atoms. The molecule has 0 saturated carbocycles. The molecule has 4 aromatic rings. The molecule has 3 aromatic heterocycles. The number of likely N-dealkylation sites (tertiary alicyclic amines) is 1. The van der Waals surface area contributed by atoms with E-state index in [2.05, 4.69) is 33.5 Å². The lowest BCUT2D eigenvalue weighted by Gasteiger charge is -2.22. The molecule has 0 bridgehead atoms. The summed E-state index contributed by atoms with van der Waals surface area (Å²) in [4.78, 5) is 23.2. The van der Waals surface area contributed by atoms with Gasteiger partial charge in [0.05, 0.1) is 33.4 Å². The number of benzene rings is 1. The molecule has 1 aliphatic heterocycles. The zero-order valence-corrected chi connectivity index (χ0v) is 16.9. The van der Waals surface area contributed by atoms with Crippen molar-refractivity contribution in [2.75, 3.05) is 18.5 Å². The number of hydrogen-bond acceptors (Lipinski definition) is 5. The van der Waals surface area contributed by atoms with Gasteiger partial charge in [0.1, 0.15) is 0 Å². The van der Waals surface area contributed by atoms with E-state index in [9.17, 15) is 9.90 Å². The number of rotatable bonds is 4. The van der Waals surface area contributed by atoms with Gasteiger partial charge in [-0.1, -0.05) is 0 Å². The zero-order valence-electron chi connectivity index (χ0n) is 16.1. The van der Waals surface area contributed by atoms with Crippen molar-refractivity contribution in [3.8, 4) is 0 Å². The van der Waals surface area contributed by atoms with Gasteiger partial charge in [-0.25, -0.2) is 0 Å². The number of amides is 1. The molecule has 1 atom stereocenters. The Hall–Kier alpha value is -2.90. The number of carbonyl (C=O) groups excluding carboxylic acids is 1. The number of hydrogen-bond donors (Lipinski definition) is 3. The van der Waals surface area contributed by atoms with Crippen molar-refractivity contribution in [3.63, 3.8) is 0 Å². The predicted molar refractivity (Wildman–Crippen MR) is 117 cm³/mol. The van der Waals surface area contributed by atoms with Gasteiger partial charge in [-0.2, -0.15) is 0 Å². The molecule has 7 heteroatoms. The van der Waals surface area contributed by atoms with E-state index in [4.69, 9.17) is 0 Å². The maximum Gasteiger partial charge on any atom is 0.264 e. The second-order valence-corrected chi connectivity index (χ2v) is 8.59. The van der Waals surface area contributed by atoms with Gasteiger partial charge < -0.3 is 20.3 Å². The Morgan fingerprint density at radius 2 is 2.24 bits per heavy atom. The van der Waals surface area contributed by atoms with E-state index in [1.807, 2.05) is 25.1 Å². The number of nitrogens with one attached hydrogen (secondary N) is 2. The predicted octanol–water partition coefficient (Wildman–Crippen LogP) is 4.43. The summed E-state index contributed by atoms with van der Waals surface area (Å²) in [6.45, 7) is 2.77. The highest BCUT2D eigenvalue weighted by atomic mass is 32.1. The molecule has 3 N–H and O–H groups in total. The lowest BCUT2D eigenvalue weighted by Crippen LogP contribution is -2.37. The van der Waals surface area contributed by atoms with Gasteiger partial charge in [0.25, 0.3) is 5.91 Å². The van der Waals surface area contributed by atoms with Crippen LogP contribution in [0.5, 0.6) is 0 Å². The first-order valence-corrected chi connectivity index (χ1v) is 10.6. The summed E-state index contributed by atoms with van der Waals surface area (Å²) in [5.74, 6) is -0.0142. The van der Waals surface area contributed by atoms with Gasteiger partial charge in [-0.3, -0.25) is 9.78 Å². The van der Waals surface area contributed by atoms with Crippen LogP contribution in [0.25, 0.3) is 21.1 Å². The van der Waals surface area contributed by atoms with Crippen LogP contribution in [-0.2, 0) is 0 Å². The normalized spacial score (nSPS) is 16.8. The number of thiophene rings is 1. The monoisotopic (exact) mass is 406 g/mol. The van der Waals surface area contributed by atoms with Crippen molar-refractivity contribution < 1.29 is 9.90 Å². The highest BCUT2D eigenvalue weighted by Gasteiger charge is 2.30. The lowest BCUT2D eigenvalue weighted by molar-refractivity contribution is 0.0682. The smallest absolute Gasteiger partial charge is 0.264 e. The van der Waals surface area contributed by atoms with Gasteiger partial charge in [-0.05, 0) is 56.2 Å². The molecule has 29 heavy (non-hydrogen) atoms. The van der Waals surface area contributed by atoms with E-state index in [0.29, 0.717) is 11.4 Å². The standard InChI is InChI=1S/C22H22N4O2S/c1-13-9-14-10-15(4-5-17(14)24-13)25-18-6-7-23-19-11-20(29-21(18)19)22(28)26-8-2-3-16(26)12-27/h4-7,9-11,16,24,27H,2-3,8,12H2,1H3,(H,23,25)/t16-/m1/s1. The molecule has 1 saturated heterocycles. The Morgan fingerprint density at radius 3 is 3.10 bits per heavy atom. The summed E-state index contributed by atoms with van der Waals surface area (Å²) < 4.78 is 0.959. The van der Waals surface area contributed by atoms with E-state index < -0.39 is 0 Å². The average Bonchev–Trinajstić information content (AvgIpc) is 3.44. The number of carbonyl (C=O) groups is 1. The fraction of sp³-hybridized carbons (Fsp3) is 0.273. The van der Waals surface area contributed by atoms with Gasteiger partial charge in [0.2, 0.25) is 0 Å². The molecule has 148 valence electrons. The van der Waals surface area contributed by atoms with Crippen LogP contribution in [0, 0.1) is 6.92 Å². The Labute approximate surface area is 172 Å². The first-order chi connectivity index (χ1) is 14.1. The average molecular weight is 407 g/mol. The van der Waals surface area contributed by atoms with Crippen LogP contribution in [0.3, 0.4) is 0 Å². The largest absolute Gasteiger partial charge is 0.394 e. The highest BCUT2D eigenvalue weighted by Crippen LogP contribution is 2.34. The molecule has 1 aliphatic rings. The van der Waals surface area contributed by atoms with Crippen molar-refractivity contribution in [3.05, 3.63) is 53.2 Å². The third-order valence-electron chi connectivity index (χ3n) is 5.51. The number of fused-ring (bicyclic) bond motifs is 2. The van der Waals surface area contributed by atoms with Gasteiger partial charge >= 0.3 is 0 Å². The van der Waals surface area contributed by atoms with E-state index in [0.717, 1.165) is 51.0 Å². The molecule has 4 heterocycles. The van der Waals surface area contributed by atoms with Crippen LogP contribution in [0.4, 0.5) is 11.4 Å². The van der Waals surface area contributed by atoms with E-state index >= 15 is 0 Å². The molecule has 1 amide bonds. The summed E-state index contributed by atoms with van der Waals surface area (Å²) in [6, 6.07) is 12.1. The number of aliphatic hydroxyl groups excluding tert-OH is 1. The molecule has 1 fully saturated rings. The Balaban J connectivity index is 1.47. The van der Waals surface area contributed by atoms with Crippen molar-refractivity contribution in [2.24, 2.45) is 0 Å². The molecule has 1 aromatic carbocycles. The molecular formula is C22H22N4O2S. The molecular weight excluding hydrogens is 384 g/mol. The molecule has 6 nitrogen and oxygen atoms in total. The van der Waals surface area contributed by atoms with Crippen LogP contribution < -0.4 is 5.32 Å². The van der Waals surface area contributed by atoms with Crippen LogP contribution in [0.1, 0.15) is 28.2 Å². The number of aromatic nitrogens is 2. The minimum Gasteiger partial charge on any atom is -0.394 e. The number of pyridine rings is 1. The quantitative estimate of drug-likeness (QED) is 0.468. The second-order valence-electron chi connectivity index (χ2n) is 7.54. The van der Waals surface area contributed by atoms with Gasteiger partial charge in [0, 0.05) is 35.0 Å². The molecule has 5 rings (SSSR count).